The molecule has 118 valence electrons. The summed E-state index contributed by atoms with van der Waals surface area (Å²) < 4.78 is 34.6. The predicted molar refractivity (Wildman–Crippen MR) is 80.3 cm³/mol. The van der Waals surface area contributed by atoms with Crippen LogP contribution in [0.2, 0.25) is 0 Å². The zero-order valence-electron chi connectivity index (χ0n) is 11.4. The Morgan fingerprint density at radius 1 is 1.33 bits per heavy atom. The van der Waals surface area contributed by atoms with Crippen LogP contribution in [0, 0.1) is 0 Å². The van der Waals surface area contributed by atoms with E-state index >= 15 is 0 Å². The summed E-state index contributed by atoms with van der Waals surface area (Å²) in [7, 11) is -3.47. The molecule has 0 radical (unpaired) electrons. The molecule has 0 saturated heterocycles. The van der Waals surface area contributed by atoms with Gasteiger partial charge in [-0.2, -0.15) is 0 Å². The maximum absolute atomic E-state index is 11.9. The van der Waals surface area contributed by atoms with Gasteiger partial charge in [-0.05, 0) is 6.92 Å². The maximum atomic E-state index is 11.9. The van der Waals surface area contributed by atoms with Crippen LogP contribution in [0.15, 0.2) is 12.1 Å². The molecule has 1 aromatic carbocycles. The van der Waals surface area contributed by atoms with Gasteiger partial charge in [-0.25, -0.2) is 13.1 Å². The molecule has 1 aliphatic rings. The largest absolute Gasteiger partial charge is 0.454 e. The second kappa shape index (κ2) is 6.37. The molecule has 1 unspecified atom stereocenters. The first-order valence-electron chi connectivity index (χ1n) is 5.73. The summed E-state index contributed by atoms with van der Waals surface area (Å²) in [6.45, 7) is 1.53. The topological polar surface area (TPSA) is 120 Å². The van der Waals surface area contributed by atoms with Crippen LogP contribution in [-0.2, 0) is 14.8 Å². The van der Waals surface area contributed by atoms with Crippen LogP contribution in [0.4, 0.5) is 11.4 Å². The number of rotatable bonds is 4. The van der Waals surface area contributed by atoms with Crippen LogP contribution in [0.1, 0.15) is 6.92 Å². The maximum Gasteiger partial charge on any atom is 0.242 e. The van der Waals surface area contributed by atoms with Crippen LogP contribution in [-0.4, -0.2) is 33.4 Å². The molecular weight excluding hydrogens is 322 g/mol. The van der Waals surface area contributed by atoms with Gasteiger partial charge in [0.15, 0.2) is 11.5 Å². The summed E-state index contributed by atoms with van der Waals surface area (Å²) in [6.07, 6.45) is 0.978. The summed E-state index contributed by atoms with van der Waals surface area (Å²) in [4.78, 5) is 11.9. The van der Waals surface area contributed by atoms with Crippen molar-refractivity contribution in [1.29, 1.82) is 0 Å². The van der Waals surface area contributed by atoms with E-state index in [0.29, 0.717) is 22.9 Å². The number of halogens is 1. The monoisotopic (exact) mass is 337 g/mol. The number of hydrogen-bond acceptors (Lipinski definition) is 6. The van der Waals surface area contributed by atoms with E-state index in [0.717, 1.165) is 6.26 Å². The predicted octanol–water partition coefficient (Wildman–Crippen LogP) is 0.295. The molecule has 1 atom stereocenters. The van der Waals surface area contributed by atoms with Crippen molar-refractivity contribution in [3.8, 4) is 11.5 Å². The number of carbonyl (C=O) groups is 1. The lowest BCUT2D eigenvalue weighted by molar-refractivity contribution is -0.117. The van der Waals surface area contributed by atoms with Gasteiger partial charge in [0, 0.05) is 12.1 Å². The standard InChI is InChI=1S/C11H15N3O5S.ClH/c1-6(14-20(2,16)17)11(15)13-8-4-10-9(3-7(8)12)18-5-19-10;/h3-4,6,14H,5,12H2,1-2H3,(H,13,15);1H. The molecule has 4 N–H and O–H groups in total. The van der Waals surface area contributed by atoms with E-state index in [2.05, 4.69) is 10.0 Å². The van der Waals surface area contributed by atoms with E-state index < -0.39 is 22.0 Å². The zero-order valence-corrected chi connectivity index (χ0v) is 13.0. The number of nitrogen functional groups attached to an aromatic ring is 1. The highest BCUT2D eigenvalue weighted by molar-refractivity contribution is 7.88. The molecule has 0 bridgehead atoms. The minimum absolute atomic E-state index is 0. The van der Waals surface area contributed by atoms with E-state index in [1.165, 1.54) is 19.1 Å². The first kappa shape index (κ1) is 17.3. The van der Waals surface area contributed by atoms with Gasteiger partial charge in [-0.3, -0.25) is 4.79 Å². The van der Waals surface area contributed by atoms with Crippen molar-refractivity contribution in [2.24, 2.45) is 0 Å². The van der Waals surface area contributed by atoms with Crippen LogP contribution in [0.25, 0.3) is 0 Å². The molecule has 0 aliphatic carbocycles. The van der Waals surface area contributed by atoms with Gasteiger partial charge >= 0.3 is 0 Å². The second-order valence-corrected chi connectivity index (χ2v) is 6.17. The summed E-state index contributed by atoms with van der Waals surface area (Å²) in [6, 6.07) is 2.14. The van der Waals surface area contributed by atoms with Crippen molar-refractivity contribution in [2.75, 3.05) is 24.1 Å². The van der Waals surface area contributed by atoms with E-state index in [1.54, 1.807) is 0 Å². The molecule has 2 rings (SSSR count). The van der Waals surface area contributed by atoms with Crippen molar-refractivity contribution in [3.05, 3.63) is 12.1 Å². The second-order valence-electron chi connectivity index (χ2n) is 4.39. The third kappa shape index (κ3) is 4.38. The van der Waals surface area contributed by atoms with Crippen molar-refractivity contribution in [2.45, 2.75) is 13.0 Å². The van der Waals surface area contributed by atoms with Gasteiger partial charge in [0.05, 0.1) is 23.7 Å². The third-order valence-corrected chi connectivity index (χ3v) is 3.37. The Hall–Kier alpha value is -1.71. The van der Waals surface area contributed by atoms with E-state index in [1.807, 2.05) is 0 Å². The van der Waals surface area contributed by atoms with Crippen LogP contribution >= 0.6 is 12.4 Å². The van der Waals surface area contributed by atoms with Crippen molar-refractivity contribution < 1.29 is 22.7 Å². The fourth-order valence-corrected chi connectivity index (χ4v) is 2.43. The van der Waals surface area contributed by atoms with Crippen molar-refractivity contribution >= 4 is 39.7 Å². The number of hydrogen-bond donors (Lipinski definition) is 3. The quantitative estimate of drug-likeness (QED) is 0.679. The molecule has 1 amide bonds. The molecule has 0 spiro atoms. The molecule has 8 nitrogen and oxygen atoms in total. The summed E-state index contributed by atoms with van der Waals surface area (Å²) >= 11 is 0. The number of ether oxygens (including phenoxy) is 2. The number of sulfonamides is 1. The SMILES string of the molecule is CC(NS(C)(=O)=O)C(=O)Nc1cc2c(cc1N)OCO2.Cl. The molecule has 21 heavy (non-hydrogen) atoms. The van der Waals surface area contributed by atoms with Crippen molar-refractivity contribution in [1.82, 2.24) is 4.72 Å². The number of fused-ring (bicyclic) bond motifs is 1. The minimum Gasteiger partial charge on any atom is -0.454 e. The van der Waals surface area contributed by atoms with E-state index in [9.17, 15) is 13.2 Å². The lowest BCUT2D eigenvalue weighted by Gasteiger charge is -2.14. The third-order valence-electron chi connectivity index (χ3n) is 2.59. The zero-order chi connectivity index (χ0) is 14.9. The molecule has 0 aromatic heterocycles. The first-order valence-corrected chi connectivity index (χ1v) is 7.62. The van der Waals surface area contributed by atoms with Gasteiger partial charge in [-0.15, -0.1) is 12.4 Å². The fraction of sp³-hybridized carbons (Fsp3) is 0.364. The number of nitrogens with one attached hydrogen (secondary N) is 2. The number of anilines is 2. The lowest BCUT2D eigenvalue weighted by atomic mass is 10.2. The Morgan fingerprint density at radius 2 is 1.90 bits per heavy atom. The Kier molecular flexibility index (Phi) is 5.26. The Bertz CT molecular complexity index is 650. The summed E-state index contributed by atoms with van der Waals surface area (Å²) in [5.41, 5.74) is 6.42. The van der Waals surface area contributed by atoms with E-state index in [4.69, 9.17) is 15.2 Å². The smallest absolute Gasteiger partial charge is 0.242 e. The van der Waals surface area contributed by atoms with Gasteiger partial charge in [0.25, 0.3) is 0 Å². The van der Waals surface area contributed by atoms with Gasteiger partial charge in [0.1, 0.15) is 0 Å². The normalized spacial score (nSPS) is 14.2. The minimum atomic E-state index is -3.47. The average Bonchev–Trinajstić information content (AvgIpc) is 2.74. The van der Waals surface area contributed by atoms with Crippen molar-refractivity contribution in [3.63, 3.8) is 0 Å². The van der Waals surface area contributed by atoms with Gasteiger partial charge in [0.2, 0.25) is 22.7 Å². The molecule has 1 aliphatic heterocycles. The van der Waals surface area contributed by atoms with Crippen LogP contribution < -0.4 is 25.2 Å². The average molecular weight is 338 g/mol. The molecule has 1 aromatic rings. The number of carbonyl (C=O) groups excluding carboxylic acids is 1. The van der Waals surface area contributed by atoms with Gasteiger partial charge < -0.3 is 20.5 Å². The molecule has 0 fully saturated rings. The molecule has 1 heterocycles. The first-order chi connectivity index (χ1) is 9.26. The Balaban J connectivity index is 0.00000220. The molecule has 10 heteroatoms. The summed E-state index contributed by atoms with van der Waals surface area (Å²) in [5.74, 6) is 0.446. The highest BCUT2D eigenvalue weighted by Gasteiger charge is 2.20. The molecule has 0 saturated carbocycles. The fourth-order valence-electron chi connectivity index (χ4n) is 1.68. The summed E-state index contributed by atoms with van der Waals surface area (Å²) in [5, 5.41) is 2.54. The van der Waals surface area contributed by atoms with E-state index in [-0.39, 0.29) is 19.2 Å². The number of benzene rings is 1. The molecular formula is C11H16ClN3O5S. The van der Waals surface area contributed by atoms with Crippen LogP contribution in [0.3, 0.4) is 0 Å². The van der Waals surface area contributed by atoms with Crippen LogP contribution in [0.5, 0.6) is 11.5 Å². The Labute approximate surface area is 128 Å². The van der Waals surface area contributed by atoms with Gasteiger partial charge in [-0.1, -0.05) is 0 Å². The highest BCUT2D eigenvalue weighted by atomic mass is 35.5. The number of nitrogens with two attached hydrogens (primary N) is 1. The Morgan fingerprint density at radius 3 is 2.48 bits per heavy atom. The highest BCUT2D eigenvalue weighted by Crippen LogP contribution is 2.38. The number of amides is 1. The lowest BCUT2D eigenvalue weighted by Crippen LogP contribution is -2.41.